The lowest BCUT2D eigenvalue weighted by Gasteiger charge is -2.28. The molecule has 0 heterocycles. The minimum atomic E-state index is -2.83. The van der Waals surface area contributed by atoms with Gasteiger partial charge in [0.2, 0.25) is 0 Å². The number of hydrogen-bond acceptors (Lipinski definition) is 3. The highest BCUT2D eigenvalue weighted by Gasteiger charge is 2.28. The average molecular weight is 275 g/mol. The van der Waals surface area contributed by atoms with Gasteiger partial charge in [-0.2, -0.15) is 0 Å². The molecule has 2 unspecified atom stereocenters. The molecule has 0 bridgehead atoms. The van der Waals surface area contributed by atoms with E-state index in [-0.39, 0.29) is 10.8 Å². The highest BCUT2D eigenvalue weighted by atomic mass is 32.2. The summed E-state index contributed by atoms with van der Waals surface area (Å²) in [6.45, 7) is 7.55. The standard InChI is InChI=1S/C14H29NO2S/c1-14(2,3)15-10-6-8-12-7-5-9-13(11-12)18(4,16)17/h12-13,15H,5-11H2,1-4H3. The number of nitrogens with one attached hydrogen (secondary N) is 1. The molecule has 0 spiro atoms. The first-order valence-corrected chi connectivity index (χ1v) is 9.08. The van der Waals surface area contributed by atoms with E-state index in [1.54, 1.807) is 0 Å². The van der Waals surface area contributed by atoms with Crippen molar-refractivity contribution in [2.75, 3.05) is 12.8 Å². The fourth-order valence-corrected chi connectivity index (χ4v) is 3.96. The van der Waals surface area contributed by atoms with Gasteiger partial charge in [0.1, 0.15) is 9.84 Å². The lowest BCUT2D eigenvalue weighted by molar-refractivity contribution is 0.322. The van der Waals surface area contributed by atoms with Crippen molar-refractivity contribution in [1.29, 1.82) is 0 Å². The van der Waals surface area contributed by atoms with E-state index in [1.807, 2.05) is 0 Å². The summed E-state index contributed by atoms with van der Waals surface area (Å²) in [4.78, 5) is 0. The van der Waals surface area contributed by atoms with Gasteiger partial charge in [-0.1, -0.05) is 12.8 Å². The maximum absolute atomic E-state index is 11.6. The zero-order chi connectivity index (χ0) is 13.8. The molecule has 18 heavy (non-hydrogen) atoms. The van der Waals surface area contributed by atoms with Gasteiger partial charge >= 0.3 is 0 Å². The van der Waals surface area contributed by atoms with Gasteiger partial charge in [0.25, 0.3) is 0 Å². The summed E-state index contributed by atoms with van der Waals surface area (Å²) in [6, 6.07) is 0. The first-order valence-electron chi connectivity index (χ1n) is 7.12. The van der Waals surface area contributed by atoms with Crippen LogP contribution in [0.15, 0.2) is 0 Å². The Morgan fingerprint density at radius 2 is 1.89 bits per heavy atom. The largest absolute Gasteiger partial charge is 0.312 e. The molecule has 108 valence electrons. The molecule has 4 heteroatoms. The van der Waals surface area contributed by atoms with Gasteiger partial charge in [0.15, 0.2) is 0 Å². The van der Waals surface area contributed by atoms with Crippen LogP contribution in [0.4, 0.5) is 0 Å². The van der Waals surface area contributed by atoms with Crippen LogP contribution >= 0.6 is 0 Å². The van der Waals surface area contributed by atoms with Gasteiger partial charge in [-0.15, -0.1) is 0 Å². The zero-order valence-corrected chi connectivity index (χ0v) is 13.1. The Labute approximate surface area is 113 Å². The summed E-state index contributed by atoms with van der Waals surface area (Å²) in [5, 5.41) is 3.41. The second-order valence-corrected chi connectivity index (χ2v) is 9.13. The van der Waals surface area contributed by atoms with Crippen molar-refractivity contribution in [2.45, 2.75) is 70.1 Å². The molecule has 0 aromatic heterocycles. The highest BCUT2D eigenvalue weighted by Crippen LogP contribution is 2.31. The highest BCUT2D eigenvalue weighted by molar-refractivity contribution is 7.91. The molecular formula is C14H29NO2S. The molecule has 1 aliphatic carbocycles. The quantitative estimate of drug-likeness (QED) is 0.785. The van der Waals surface area contributed by atoms with E-state index in [1.165, 1.54) is 12.7 Å². The van der Waals surface area contributed by atoms with E-state index in [2.05, 4.69) is 26.1 Å². The SMILES string of the molecule is CC(C)(C)NCCCC1CCCC(S(C)(=O)=O)C1. The van der Waals surface area contributed by atoms with E-state index in [0.29, 0.717) is 5.92 Å². The molecule has 0 aromatic carbocycles. The van der Waals surface area contributed by atoms with Gasteiger partial charge in [-0.25, -0.2) is 8.42 Å². The molecule has 3 nitrogen and oxygen atoms in total. The average Bonchev–Trinajstić information content (AvgIpc) is 2.22. The predicted octanol–water partition coefficient (Wildman–Crippen LogP) is 2.76. The zero-order valence-electron chi connectivity index (χ0n) is 12.3. The van der Waals surface area contributed by atoms with Crippen molar-refractivity contribution in [2.24, 2.45) is 5.92 Å². The Kier molecular flexibility index (Phi) is 5.66. The van der Waals surface area contributed by atoms with Crippen LogP contribution in [-0.4, -0.2) is 32.0 Å². The second-order valence-electron chi connectivity index (χ2n) is 6.80. The first kappa shape index (κ1) is 16.0. The van der Waals surface area contributed by atoms with Crippen molar-refractivity contribution in [3.8, 4) is 0 Å². The smallest absolute Gasteiger partial charge is 0.150 e. The van der Waals surface area contributed by atoms with Crippen LogP contribution < -0.4 is 5.32 Å². The summed E-state index contributed by atoms with van der Waals surface area (Å²) in [5.74, 6) is 0.611. The van der Waals surface area contributed by atoms with E-state index >= 15 is 0 Å². The van der Waals surface area contributed by atoms with E-state index in [9.17, 15) is 8.42 Å². The molecule has 0 saturated heterocycles. The topological polar surface area (TPSA) is 46.2 Å². The number of sulfone groups is 1. The van der Waals surface area contributed by atoms with Gasteiger partial charge in [-0.3, -0.25) is 0 Å². The third-order valence-corrected chi connectivity index (χ3v) is 5.42. The fourth-order valence-electron chi connectivity index (χ4n) is 2.75. The van der Waals surface area contributed by atoms with Crippen molar-refractivity contribution >= 4 is 9.84 Å². The second kappa shape index (κ2) is 6.38. The molecule has 1 N–H and O–H groups in total. The first-order chi connectivity index (χ1) is 8.18. The van der Waals surface area contributed by atoms with Crippen molar-refractivity contribution in [1.82, 2.24) is 5.32 Å². The molecule has 1 aliphatic rings. The van der Waals surface area contributed by atoms with E-state index in [0.717, 1.165) is 38.6 Å². The van der Waals surface area contributed by atoms with Crippen LogP contribution in [0.2, 0.25) is 0 Å². The Morgan fingerprint density at radius 1 is 1.22 bits per heavy atom. The van der Waals surface area contributed by atoms with Crippen LogP contribution in [0.1, 0.15) is 59.3 Å². The van der Waals surface area contributed by atoms with Crippen LogP contribution in [-0.2, 0) is 9.84 Å². The van der Waals surface area contributed by atoms with Gasteiger partial charge in [0, 0.05) is 11.8 Å². The normalized spacial score (nSPS) is 26.2. The lowest BCUT2D eigenvalue weighted by atomic mass is 9.85. The van der Waals surface area contributed by atoms with Crippen LogP contribution in [0.5, 0.6) is 0 Å². The Morgan fingerprint density at radius 3 is 2.44 bits per heavy atom. The Hall–Kier alpha value is -0.0900. The van der Waals surface area contributed by atoms with E-state index in [4.69, 9.17) is 0 Å². The van der Waals surface area contributed by atoms with Gasteiger partial charge in [-0.05, 0) is 58.9 Å². The third kappa shape index (κ3) is 6.19. The van der Waals surface area contributed by atoms with Crippen LogP contribution in [0.3, 0.4) is 0 Å². The maximum atomic E-state index is 11.6. The molecule has 1 fully saturated rings. The van der Waals surface area contributed by atoms with Gasteiger partial charge in [0.05, 0.1) is 5.25 Å². The Balaban J connectivity index is 2.27. The summed E-state index contributed by atoms with van der Waals surface area (Å²) in [7, 11) is -2.83. The van der Waals surface area contributed by atoms with Crippen molar-refractivity contribution in [3.63, 3.8) is 0 Å². The third-order valence-electron chi connectivity index (χ3n) is 3.78. The minimum absolute atomic E-state index is 0.0770. The lowest BCUT2D eigenvalue weighted by Crippen LogP contribution is -2.36. The molecular weight excluding hydrogens is 246 g/mol. The van der Waals surface area contributed by atoms with Crippen molar-refractivity contribution in [3.05, 3.63) is 0 Å². The molecule has 2 atom stereocenters. The predicted molar refractivity (Wildman–Crippen MR) is 77.6 cm³/mol. The molecule has 0 aliphatic heterocycles. The molecule has 0 radical (unpaired) electrons. The monoisotopic (exact) mass is 275 g/mol. The number of hydrogen-bond donors (Lipinski definition) is 1. The molecule has 1 rings (SSSR count). The molecule has 0 amide bonds. The molecule has 0 aromatic rings. The summed E-state index contributed by atoms with van der Waals surface area (Å²) in [5.41, 5.74) is 0.182. The molecule has 1 saturated carbocycles. The maximum Gasteiger partial charge on any atom is 0.150 e. The fraction of sp³-hybridized carbons (Fsp3) is 1.00. The Bertz CT molecular complexity index is 343. The number of rotatable bonds is 5. The summed E-state index contributed by atoms with van der Waals surface area (Å²) in [6.07, 6.45) is 7.75. The van der Waals surface area contributed by atoms with Crippen LogP contribution in [0.25, 0.3) is 0 Å². The summed E-state index contributed by atoms with van der Waals surface area (Å²) < 4.78 is 23.2. The summed E-state index contributed by atoms with van der Waals surface area (Å²) >= 11 is 0. The minimum Gasteiger partial charge on any atom is -0.312 e. The van der Waals surface area contributed by atoms with E-state index < -0.39 is 9.84 Å². The van der Waals surface area contributed by atoms with Crippen LogP contribution in [0, 0.1) is 5.92 Å². The van der Waals surface area contributed by atoms with Gasteiger partial charge < -0.3 is 5.32 Å². The van der Waals surface area contributed by atoms with Crippen molar-refractivity contribution < 1.29 is 8.42 Å².